The molecule has 3 heterocycles. The summed E-state index contributed by atoms with van der Waals surface area (Å²) in [7, 11) is 0. The molecule has 4 rings (SSSR count). The van der Waals surface area contributed by atoms with E-state index in [2.05, 4.69) is 22.3 Å². The zero-order chi connectivity index (χ0) is 16.0. The van der Waals surface area contributed by atoms with Gasteiger partial charge >= 0.3 is 0 Å². The van der Waals surface area contributed by atoms with E-state index in [1.54, 1.807) is 12.3 Å². The third-order valence-electron chi connectivity index (χ3n) is 4.34. The molecule has 1 atom stereocenters. The van der Waals surface area contributed by atoms with Crippen LogP contribution >= 0.6 is 0 Å². The highest BCUT2D eigenvalue weighted by Gasteiger charge is 2.31. The molecular weight excluding hydrogens is 292 g/mol. The van der Waals surface area contributed by atoms with Crippen LogP contribution in [0.15, 0.2) is 34.9 Å². The van der Waals surface area contributed by atoms with E-state index in [-0.39, 0.29) is 11.7 Å². The first-order valence-electron chi connectivity index (χ1n) is 7.84. The predicted molar refractivity (Wildman–Crippen MR) is 86.4 cm³/mol. The molecule has 1 amide bonds. The second-order valence-corrected chi connectivity index (χ2v) is 6.14. The Morgan fingerprint density at radius 2 is 2.22 bits per heavy atom. The Balaban J connectivity index is 1.58. The molecule has 1 fully saturated rings. The second-order valence-electron chi connectivity index (χ2n) is 6.14. The molecular formula is C17H18N4O2. The number of hydrogen-bond acceptors (Lipinski definition) is 4. The van der Waals surface area contributed by atoms with Crippen LogP contribution in [0, 0.1) is 12.8 Å². The van der Waals surface area contributed by atoms with Gasteiger partial charge in [0, 0.05) is 17.8 Å². The van der Waals surface area contributed by atoms with Gasteiger partial charge in [0.15, 0.2) is 11.3 Å². The molecule has 6 heteroatoms. The molecule has 0 saturated heterocycles. The Labute approximate surface area is 133 Å². The molecule has 0 aromatic carbocycles. The monoisotopic (exact) mass is 310 g/mol. The number of pyridine rings is 1. The van der Waals surface area contributed by atoms with Gasteiger partial charge in [0.25, 0.3) is 5.91 Å². The third kappa shape index (κ3) is 2.60. The van der Waals surface area contributed by atoms with E-state index < -0.39 is 0 Å². The lowest BCUT2D eigenvalue weighted by molar-refractivity contribution is 0.0997. The zero-order valence-corrected chi connectivity index (χ0v) is 13.1. The van der Waals surface area contributed by atoms with Crippen LogP contribution in [0.2, 0.25) is 0 Å². The van der Waals surface area contributed by atoms with Crippen molar-refractivity contribution in [1.29, 1.82) is 0 Å². The number of fused-ring (bicyclic) bond motifs is 1. The van der Waals surface area contributed by atoms with E-state index in [0.717, 1.165) is 5.69 Å². The minimum Gasteiger partial charge on any atom is -0.449 e. The maximum Gasteiger partial charge on any atom is 0.292 e. The zero-order valence-electron chi connectivity index (χ0n) is 13.1. The van der Waals surface area contributed by atoms with Crippen molar-refractivity contribution < 1.29 is 9.21 Å². The van der Waals surface area contributed by atoms with Gasteiger partial charge in [0.2, 0.25) is 0 Å². The molecule has 1 aliphatic carbocycles. The van der Waals surface area contributed by atoms with Crippen molar-refractivity contribution in [2.75, 3.05) is 5.32 Å². The molecule has 23 heavy (non-hydrogen) atoms. The number of nitrogens with zero attached hydrogens (tertiary/aromatic N) is 3. The van der Waals surface area contributed by atoms with Crippen LogP contribution in [0.4, 0.5) is 5.82 Å². The number of nitrogens with one attached hydrogen (secondary N) is 1. The van der Waals surface area contributed by atoms with Crippen LogP contribution in [0.3, 0.4) is 0 Å². The van der Waals surface area contributed by atoms with Crippen LogP contribution in [0.5, 0.6) is 0 Å². The Morgan fingerprint density at radius 3 is 3.00 bits per heavy atom. The largest absolute Gasteiger partial charge is 0.449 e. The average molecular weight is 310 g/mol. The number of aryl methyl sites for hydroxylation is 1. The number of anilines is 1. The maximum atomic E-state index is 12.5. The van der Waals surface area contributed by atoms with Crippen molar-refractivity contribution in [3.63, 3.8) is 0 Å². The Bertz CT molecular complexity index is 876. The first-order chi connectivity index (χ1) is 11.1. The van der Waals surface area contributed by atoms with Crippen molar-refractivity contribution in [2.24, 2.45) is 5.92 Å². The van der Waals surface area contributed by atoms with E-state index in [1.165, 1.54) is 12.8 Å². The number of carbonyl (C=O) groups excluding carboxylic acids is 1. The average Bonchev–Trinajstić information content (AvgIpc) is 3.13. The quantitative estimate of drug-likeness (QED) is 0.799. The van der Waals surface area contributed by atoms with Gasteiger partial charge in [-0.2, -0.15) is 5.10 Å². The number of amides is 1. The summed E-state index contributed by atoms with van der Waals surface area (Å²) >= 11 is 0. The molecule has 0 aliphatic heterocycles. The lowest BCUT2D eigenvalue weighted by atomic mass is 10.2. The van der Waals surface area contributed by atoms with E-state index in [0.29, 0.717) is 28.9 Å². The summed E-state index contributed by atoms with van der Waals surface area (Å²) in [4.78, 5) is 16.8. The van der Waals surface area contributed by atoms with E-state index in [4.69, 9.17) is 4.42 Å². The standard InChI is InChI=1S/C17H18N4O2/c1-10-3-6-14-13(19-10)9-15(23-14)17(22)20-16-7-8-18-21(16)11(2)12-4-5-12/h3,6-9,11-12H,4-5H2,1-2H3,(H,20,22)/t11-/m0/s1. The predicted octanol–water partition coefficient (Wildman–Crippen LogP) is 3.56. The number of rotatable bonds is 4. The summed E-state index contributed by atoms with van der Waals surface area (Å²) in [5, 5.41) is 7.22. The molecule has 1 saturated carbocycles. The normalized spacial score (nSPS) is 15.7. The van der Waals surface area contributed by atoms with Crippen molar-refractivity contribution in [3.8, 4) is 0 Å². The van der Waals surface area contributed by atoms with Crippen LogP contribution in [-0.4, -0.2) is 20.7 Å². The third-order valence-corrected chi connectivity index (χ3v) is 4.34. The number of hydrogen-bond donors (Lipinski definition) is 1. The first-order valence-corrected chi connectivity index (χ1v) is 7.84. The second kappa shape index (κ2) is 5.22. The minimum atomic E-state index is -0.287. The Morgan fingerprint density at radius 1 is 1.39 bits per heavy atom. The number of furan rings is 1. The molecule has 118 valence electrons. The van der Waals surface area contributed by atoms with Crippen molar-refractivity contribution in [2.45, 2.75) is 32.7 Å². The lowest BCUT2D eigenvalue weighted by Gasteiger charge is -2.14. The summed E-state index contributed by atoms with van der Waals surface area (Å²) in [6.07, 6.45) is 4.16. The van der Waals surface area contributed by atoms with Crippen LogP contribution in [0.25, 0.3) is 11.1 Å². The maximum absolute atomic E-state index is 12.5. The smallest absolute Gasteiger partial charge is 0.292 e. The molecule has 0 spiro atoms. The summed E-state index contributed by atoms with van der Waals surface area (Å²) in [6.45, 7) is 4.04. The van der Waals surface area contributed by atoms with Gasteiger partial charge in [0.05, 0.1) is 12.2 Å². The molecule has 3 aromatic rings. The molecule has 1 aliphatic rings. The fraction of sp³-hybridized carbons (Fsp3) is 0.353. The van der Waals surface area contributed by atoms with Crippen molar-refractivity contribution >= 4 is 22.8 Å². The molecule has 1 N–H and O–H groups in total. The minimum absolute atomic E-state index is 0.255. The van der Waals surface area contributed by atoms with Gasteiger partial charge in [-0.25, -0.2) is 9.67 Å². The highest BCUT2D eigenvalue weighted by atomic mass is 16.3. The van der Waals surface area contributed by atoms with Gasteiger partial charge < -0.3 is 9.73 Å². The highest BCUT2D eigenvalue weighted by molar-refractivity contribution is 6.03. The van der Waals surface area contributed by atoms with Crippen molar-refractivity contribution in [1.82, 2.24) is 14.8 Å². The molecule has 6 nitrogen and oxygen atoms in total. The van der Waals surface area contributed by atoms with E-state index in [1.807, 2.05) is 29.8 Å². The molecule has 3 aromatic heterocycles. The van der Waals surface area contributed by atoms with Crippen LogP contribution in [-0.2, 0) is 0 Å². The van der Waals surface area contributed by atoms with Crippen molar-refractivity contribution in [3.05, 3.63) is 41.9 Å². The molecule has 0 unspecified atom stereocenters. The van der Waals surface area contributed by atoms with Gasteiger partial charge in [-0.15, -0.1) is 0 Å². The molecule has 0 bridgehead atoms. The van der Waals surface area contributed by atoms with Gasteiger partial charge in [-0.1, -0.05) is 0 Å². The topological polar surface area (TPSA) is 73.0 Å². The van der Waals surface area contributed by atoms with E-state index >= 15 is 0 Å². The highest BCUT2D eigenvalue weighted by Crippen LogP contribution is 2.40. The summed E-state index contributed by atoms with van der Waals surface area (Å²) < 4.78 is 7.47. The Hall–Kier alpha value is -2.63. The van der Waals surface area contributed by atoms with Crippen LogP contribution in [0.1, 0.15) is 42.1 Å². The van der Waals surface area contributed by atoms with E-state index in [9.17, 15) is 4.79 Å². The van der Waals surface area contributed by atoms with Gasteiger partial charge in [-0.05, 0) is 44.7 Å². The first kappa shape index (κ1) is 14.0. The summed E-state index contributed by atoms with van der Waals surface area (Å²) in [6, 6.07) is 7.46. The van der Waals surface area contributed by atoms with Crippen LogP contribution < -0.4 is 5.32 Å². The summed E-state index contributed by atoms with van der Waals surface area (Å²) in [5.74, 6) is 1.32. The number of aromatic nitrogens is 3. The number of carbonyl (C=O) groups is 1. The Kier molecular flexibility index (Phi) is 3.18. The lowest BCUT2D eigenvalue weighted by Crippen LogP contribution is -2.18. The van der Waals surface area contributed by atoms with Gasteiger partial charge in [0.1, 0.15) is 11.3 Å². The summed E-state index contributed by atoms with van der Waals surface area (Å²) in [5.41, 5.74) is 2.19. The molecule has 0 radical (unpaired) electrons. The van der Waals surface area contributed by atoms with Gasteiger partial charge in [-0.3, -0.25) is 4.79 Å². The fourth-order valence-electron chi connectivity index (χ4n) is 2.83. The fourth-order valence-corrected chi connectivity index (χ4v) is 2.83. The SMILES string of the molecule is Cc1ccc2oc(C(=O)Nc3ccnn3[C@@H](C)C3CC3)cc2n1.